The minimum absolute atomic E-state index is 0.154. The first-order valence-electron chi connectivity index (χ1n) is 11.6. The number of hydrogen-bond donors (Lipinski definition) is 1. The van der Waals surface area contributed by atoms with Crippen LogP contribution in [-0.4, -0.2) is 60.8 Å². The fourth-order valence-corrected chi connectivity index (χ4v) is 4.85. The van der Waals surface area contributed by atoms with Crippen LogP contribution in [0.1, 0.15) is 41.6 Å². The lowest BCUT2D eigenvalue weighted by Gasteiger charge is -2.24. The summed E-state index contributed by atoms with van der Waals surface area (Å²) in [5, 5.41) is 11.0. The third-order valence-corrected chi connectivity index (χ3v) is 6.86. The van der Waals surface area contributed by atoms with Gasteiger partial charge in [0, 0.05) is 17.6 Å². The van der Waals surface area contributed by atoms with Crippen molar-refractivity contribution in [3.63, 3.8) is 0 Å². The third-order valence-electron chi connectivity index (χ3n) is 6.30. The van der Waals surface area contributed by atoms with Crippen LogP contribution in [0.2, 0.25) is 0 Å². The van der Waals surface area contributed by atoms with Crippen molar-refractivity contribution in [2.45, 2.75) is 31.7 Å². The van der Waals surface area contributed by atoms with Gasteiger partial charge in [0.15, 0.2) is 11.5 Å². The van der Waals surface area contributed by atoms with Gasteiger partial charge in [-0.1, -0.05) is 28.1 Å². The molecule has 1 atom stereocenters. The number of hydrogen-bond acceptors (Lipinski definition) is 5. The van der Waals surface area contributed by atoms with E-state index < -0.39 is 6.09 Å². The molecule has 0 spiro atoms. The van der Waals surface area contributed by atoms with E-state index in [0.717, 1.165) is 41.5 Å². The van der Waals surface area contributed by atoms with Gasteiger partial charge in [0.05, 0.1) is 44.7 Å². The number of benzene rings is 2. The molecule has 0 radical (unpaired) electrons. The van der Waals surface area contributed by atoms with Gasteiger partial charge in [-0.25, -0.2) is 4.79 Å². The second-order valence-corrected chi connectivity index (χ2v) is 9.26. The lowest BCUT2D eigenvalue weighted by molar-refractivity contribution is 0.0794. The molecule has 0 bridgehead atoms. The van der Waals surface area contributed by atoms with E-state index in [9.17, 15) is 14.7 Å². The lowest BCUT2D eigenvalue weighted by atomic mass is 10.0. The van der Waals surface area contributed by atoms with Gasteiger partial charge in [0.25, 0.3) is 5.91 Å². The molecule has 2 aromatic rings. The highest BCUT2D eigenvalue weighted by Gasteiger charge is 2.39. The molecular weight excluding hydrogens is 516 g/mol. The maximum atomic E-state index is 13.6. The van der Waals surface area contributed by atoms with E-state index >= 15 is 0 Å². The molecule has 0 saturated carbocycles. The quantitative estimate of drug-likeness (QED) is 0.335. The van der Waals surface area contributed by atoms with Crippen LogP contribution in [0.4, 0.5) is 10.5 Å². The number of methoxy groups -OCH3 is 2. The van der Waals surface area contributed by atoms with Gasteiger partial charge in [-0.3, -0.25) is 9.69 Å². The average Bonchev–Trinajstić information content (AvgIpc) is 3.26. The summed E-state index contributed by atoms with van der Waals surface area (Å²) in [6.45, 7) is 0.632. The van der Waals surface area contributed by atoms with Gasteiger partial charge >= 0.3 is 6.09 Å². The highest BCUT2D eigenvalue weighted by molar-refractivity contribution is 9.09. The second-order valence-electron chi connectivity index (χ2n) is 8.46. The van der Waals surface area contributed by atoms with Crippen molar-refractivity contribution in [3.05, 3.63) is 53.7 Å². The van der Waals surface area contributed by atoms with Gasteiger partial charge in [-0.05, 0) is 55.0 Å². The molecule has 2 aliphatic rings. The Kier molecular flexibility index (Phi) is 7.85. The van der Waals surface area contributed by atoms with Crippen LogP contribution in [0.25, 0.3) is 5.57 Å². The molecule has 0 aromatic heterocycles. The number of rotatable bonds is 9. The summed E-state index contributed by atoms with van der Waals surface area (Å²) in [7, 11) is 3.12. The predicted molar refractivity (Wildman–Crippen MR) is 137 cm³/mol. The lowest BCUT2D eigenvalue weighted by Crippen LogP contribution is -2.40. The van der Waals surface area contributed by atoms with Crippen LogP contribution in [-0.2, 0) is 0 Å². The molecule has 0 unspecified atom stereocenters. The number of anilines is 1. The van der Waals surface area contributed by atoms with Gasteiger partial charge in [0.1, 0.15) is 5.75 Å². The van der Waals surface area contributed by atoms with E-state index in [4.69, 9.17) is 14.2 Å². The Morgan fingerprint density at radius 3 is 2.51 bits per heavy atom. The summed E-state index contributed by atoms with van der Waals surface area (Å²) in [5.41, 5.74) is 2.52. The Bertz CT molecular complexity index is 1120. The number of unbranched alkanes of at least 4 members (excludes halogenated alkanes) is 2. The molecule has 9 heteroatoms. The molecule has 186 valence electrons. The Morgan fingerprint density at radius 1 is 1.09 bits per heavy atom. The van der Waals surface area contributed by atoms with Crippen molar-refractivity contribution in [1.29, 1.82) is 0 Å². The number of nitrogens with zero attached hydrogens (tertiary/aromatic N) is 2. The smallest absolute Gasteiger partial charge is 0.411 e. The maximum Gasteiger partial charge on any atom is 0.411 e. The molecule has 8 nitrogen and oxygen atoms in total. The van der Waals surface area contributed by atoms with Crippen LogP contribution in [0.15, 0.2) is 42.6 Å². The second kappa shape index (κ2) is 11.0. The SMILES string of the molecule is COc1ccc(C2=CN3C(=O)c4cc(OC)c(OCCCCCBr)cc4N(C(=O)O)C[C@@H]3C2)cc1. The summed E-state index contributed by atoms with van der Waals surface area (Å²) in [6, 6.07) is 10.5. The zero-order valence-electron chi connectivity index (χ0n) is 19.8. The summed E-state index contributed by atoms with van der Waals surface area (Å²) >= 11 is 3.42. The largest absolute Gasteiger partial charge is 0.497 e. The van der Waals surface area contributed by atoms with Crippen LogP contribution in [0, 0.1) is 0 Å². The number of amides is 2. The van der Waals surface area contributed by atoms with Crippen molar-refractivity contribution < 1.29 is 28.9 Å². The molecule has 35 heavy (non-hydrogen) atoms. The summed E-state index contributed by atoms with van der Waals surface area (Å²) in [4.78, 5) is 28.8. The molecule has 2 aliphatic heterocycles. The molecule has 0 saturated heterocycles. The standard InChI is InChI=1S/C26H29BrN2O6/c1-33-20-8-6-17(7-9-20)18-12-19-16-29(26(31)32)22-14-24(35-11-5-3-4-10-27)23(34-2)13-21(22)25(30)28(19)15-18/h6-9,13-15,19H,3-5,10-12,16H2,1-2H3,(H,31,32)/t19-/m0/s1. The summed E-state index contributed by atoms with van der Waals surface area (Å²) in [5.74, 6) is 1.32. The summed E-state index contributed by atoms with van der Waals surface area (Å²) in [6.07, 6.45) is 4.18. The number of carbonyl (C=O) groups excluding carboxylic acids is 1. The fourth-order valence-electron chi connectivity index (χ4n) is 4.45. The first-order chi connectivity index (χ1) is 17.0. The van der Waals surface area contributed by atoms with Gasteiger partial charge < -0.3 is 24.2 Å². The highest BCUT2D eigenvalue weighted by Crippen LogP contribution is 2.41. The van der Waals surface area contributed by atoms with E-state index in [0.29, 0.717) is 30.2 Å². The van der Waals surface area contributed by atoms with E-state index in [1.165, 1.54) is 12.0 Å². The Morgan fingerprint density at radius 2 is 1.86 bits per heavy atom. The van der Waals surface area contributed by atoms with Crippen LogP contribution in [0.3, 0.4) is 0 Å². The van der Waals surface area contributed by atoms with Crippen LogP contribution in [0.5, 0.6) is 17.2 Å². The number of ether oxygens (including phenoxy) is 3. The molecule has 2 heterocycles. The van der Waals surface area contributed by atoms with Gasteiger partial charge in [-0.15, -0.1) is 0 Å². The summed E-state index contributed by atoms with van der Waals surface area (Å²) < 4.78 is 16.7. The van der Waals surface area contributed by atoms with Crippen LogP contribution >= 0.6 is 15.9 Å². The molecule has 2 amide bonds. The topological polar surface area (TPSA) is 88.5 Å². The average molecular weight is 545 g/mol. The van der Waals surface area contributed by atoms with E-state index in [1.54, 1.807) is 24.1 Å². The van der Waals surface area contributed by atoms with E-state index in [2.05, 4.69) is 15.9 Å². The van der Waals surface area contributed by atoms with Crippen molar-refractivity contribution in [2.24, 2.45) is 0 Å². The minimum Gasteiger partial charge on any atom is -0.497 e. The molecule has 1 N–H and O–H groups in total. The van der Waals surface area contributed by atoms with Gasteiger partial charge in [-0.2, -0.15) is 0 Å². The molecule has 4 rings (SSSR count). The molecule has 0 fully saturated rings. The number of halogens is 1. The van der Waals surface area contributed by atoms with Crippen molar-refractivity contribution in [3.8, 4) is 17.2 Å². The Labute approximate surface area is 213 Å². The van der Waals surface area contributed by atoms with Crippen molar-refractivity contribution in [2.75, 3.05) is 37.6 Å². The monoisotopic (exact) mass is 544 g/mol. The minimum atomic E-state index is -1.12. The predicted octanol–water partition coefficient (Wildman–Crippen LogP) is 5.40. The number of carbonyl (C=O) groups is 2. The molecule has 0 aliphatic carbocycles. The highest BCUT2D eigenvalue weighted by atomic mass is 79.9. The maximum absolute atomic E-state index is 13.6. The molecule has 2 aromatic carbocycles. The Hall–Kier alpha value is -3.20. The van der Waals surface area contributed by atoms with Crippen molar-refractivity contribution in [1.82, 2.24) is 4.90 Å². The first kappa shape index (κ1) is 24.9. The zero-order valence-corrected chi connectivity index (χ0v) is 21.4. The van der Waals surface area contributed by atoms with E-state index in [1.807, 2.05) is 30.5 Å². The number of alkyl halides is 1. The molecular formula is C26H29BrN2O6. The first-order valence-corrected chi connectivity index (χ1v) is 12.7. The van der Waals surface area contributed by atoms with E-state index in [-0.39, 0.29) is 24.1 Å². The Balaban J connectivity index is 1.66. The number of fused-ring (bicyclic) bond motifs is 2. The number of carboxylic acid groups (broad SMARTS) is 1. The fraction of sp³-hybridized carbons (Fsp3) is 0.385. The zero-order chi connectivity index (χ0) is 24.9. The van der Waals surface area contributed by atoms with Crippen LogP contribution < -0.4 is 19.1 Å². The van der Waals surface area contributed by atoms with Crippen molar-refractivity contribution >= 4 is 39.2 Å². The third kappa shape index (κ3) is 5.24. The van der Waals surface area contributed by atoms with Gasteiger partial charge in [0.2, 0.25) is 0 Å². The normalized spacial score (nSPS) is 16.8.